The van der Waals surface area contributed by atoms with Gasteiger partial charge in [0.05, 0.1) is 13.2 Å². The first kappa shape index (κ1) is 18.2. The van der Waals surface area contributed by atoms with Crippen molar-refractivity contribution in [2.75, 3.05) is 19.8 Å². The van der Waals surface area contributed by atoms with Crippen molar-refractivity contribution in [2.24, 2.45) is 0 Å². The molecule has 1 rings (SSSR count). The number of ether oxygens (including phenoxy) is 1. The Morgan fingerprint density at radius 3 is 1.71 bits per heavy atom. The predicted octanol–water partition coefficient (Wildman–Crippen LogP) is 4.18. The van der Waals surface area contributed by atoms with Gasteiger partial charge in [0.1, 0.15) is 0 Å². The first-order chi connectivity index (χ1) is 9.65. The second-order valence-electron chi connectivity index (χ2n) is 7.14. The van der Waals surface area contributed by atoms with Crippen molar-refractivity contribution in [2.45, 2.75) is 67.3 Å². The molecule has 2 heteroatoms. The third-order valence-corrected chi connectivity index (χ3v) is 4.55. The number of rotatable bonds is 6. The Balaban J connectivity index is 2.54. The van der Waals surface area contributed by atoms with E-state index < -0.39 is 0 Å². The third kappa shape index (κ3) is 5.12. The van der Waals surface area contributed by atoms with Crippen LogP contribution in [0.3, 0.4) is 0 Å². The van der Waals surface area contributed by atoms with Gasteiger partial charge in [0, 0.05) is 12.1 Å². The first-order valence-corrected chi connectivity index (χ1v) is 8.03. The van der Waals surface area contributed by atoms with Crippen molar-refractivity contribution >= 4 is 0 Å². The summed E-state index contributed by atoms with van der Waals surface area (Å²) in [6, 6.07) is 0. The second kappa shape index (κ2) is 7.42. The number of benzene rings is 1. The lowest BCUT2D eigenvalue weighted by Crippen LogP contribution is -2.38. The maximum Gasteiger partial charge on any atom is 0.0591 e. The molecule has 0 heterocycles. The molecule has 0 spiro atoms. The molecule has 0 radical (unpaired) electrons. The van der Waals surface area contributed by atoms with Gasteiger partial charge in [-0.2, -0.15) is 0 Å². The van der Waals surface area contributed by atoms with Crippen LogP contribution >= 0.6 is 0 Å². The molecule has 1 N–H and O–H groups in total. The molecule has 2 nitrogen and oxygen atoms in total. The van der Waals surface area contributed by atoms with Gasteiger partial charge >= 0.3 is 0 Å². The third-order valence-electron chi connectivity index (χ3n) is 4.55. The topological polar surface area (TPSA) is 21.3 Å². The van der Waals surface area contributed by atoms with Gasteiger partial charge in [-0.15, -0.1) is 0 Å². The molecule has 0 saturated carbocycles. The lowest BCUT2D eigenvalue weighted by atomic mass is 9.88. The van der Waals surface area contributed by atoms with E-state index in [1.54, 1.807) is 0 Å². The molecule has 0 aliphatic carbocycles. The summed E-state index contributed by atoms with van der Waals surface area (Å²) in [6.45, 7) is 20.2. The maximum atomic E-state index is 5.79. The van der Waals surface area contributed by atoms with Crippen LogP contribution in [0, 0.1) is 34.6 Å². The zero-order chi connectivity index (χ0) is 16.2. The monoisotopic (exact) mass is 291 g/mol. The highest BCUT2D eigenvalue weighted by Crippen LogP contribution is 2.26. The van der Waals surface area contributed by atoms with E-state index in [4.69, 9.17) is 4.74 Å². The van der Waals surface area contributed by atoms with Crippen LogP contribution in [0.15, 0.2) is 0 Å². The van der Waals surface area contributed by atoms with E-state index in [-0.39, 0.29) is 5.54 Å². The molecule has 0 atom stereocenters. The van der Waals surface area contributed by atoms with Crippen molar-refractivity contribution in [3.63, 3.8) is 0 Å². The van der Waals surface area contributed by atoms with E-state index in [1.165, 1.54) is 33.4 Å². The van der Waals surface area contributed by atoms with Crippen molar-refractivity contribution in [1.82, 2.24) is 5.32 Å². The lowest BCUT2D eigenvalue weighted by molar-refractivity contribution is 0.133. The maximum absolute atomic E-state index is 5.79. The molecular weight excluding hydrogens is 258 g/mol. The molecule has 0 aliphatic rings. The van der Waals surface area contributed by atoms with Gasteiger partial charge in [0.15, 0.2) is 0 Å². The lowest BCUT2D eigenvalue weighted by Gasteiger charge is -2.21. The van der Waals surface area contributed by atoms with Gasteiger partial charge in [-0.25, -0.2) is 0 Å². The van der Waals surface area contributed by atoms with Crippen LogP contribution in [0.1, 0.15) is 54.2 Å². The molecule has 0 amide bonds. The summed E-state index contributed by atoms with van der Waals surface area (Å²) in [5, 5.41) is 3.44. The van der Waals surface area contributed by atoms with E-state index >= 15 is 0 Å². The molecule has 120 valence electrons. The molecule has 0 aliphatic heterocycles. The van der Waals surface area contributed by atoms with E-state index in [1.807, 2.05) is 0 Å². The molecule has 0 saturated heterocycles. The Morgan fingerprint density at radius 1 is 0.762 bits per heavy atom. The number of nitrogens with one attached hydrogen (secondary N) is 1. The minimum absolute atomic E-state index is 0.168. The molecule has 0 unspecified atom stereocenters. The van der Waals surface area contributed by atoms with Gasteiger partial charge in [0.25, 0.3) is 0 Å². The summed E-state index contributed by atoms with van der Waals surface area (Å²) >= 11 is 0. The van der Waals surface area contributed by atoms with Crippen LogP contribution in [0.4, 0.5) is 0 Å². The summed E-state index contributed by atoms with van der Waals surface area (Å²) in [5.41, 5.74) is 8.81. The van der Waals surface area contributed by atoms with Crippen LogP contribution < -0.4 is 5.32 Å². The molecule has 1 aromatic carbocycles. The SMILES string of the molecule is Cc1c(C)c(C)c(CCOCCNC(C)(C)C)c(C)c1C. The average Bonchev–Trinajstić information content (AvgIpc) is 2.40. The Kier molecular flexibility index (Phi) is 6.42. The molecule has 1 aromatic rings. The standard InChI is InChI=1S/C19H33NO/c1-13-14(2)16(4)18(17(5)15(13)3)9-11-21-12-10-20-19(6,7)8/h20H,9-12H2,1-8H3. The minimum atomic E-state index is 0.168. The highest BCUT2D eigenvalue weighted by molar-refractivity contribution is 5.49. The van der Waals surface area contributed by atoms with Crippen LogP contribution in [0.25, 0.3) is 0 Å². The molecular formula is C19H33NO. The van der Waals surface area contributed by atoms with Crippen molar-refractivity contribution in [3.8, 4) is 0 Å². The summed E-state index contributed by atoms with van der Waals surface area (Å²) in [5.74, 6) is 0. The van der Waals surface area contributed by atoms with Gasteiger partial charge in [0.2, 0.25) is 0 Å². The highest BCUT2D eigenvalue weighted by Gasteiger charge is 2.12. The molecule has 0 aromatic heterocycles. The van der Waals surface area contributed by atoms with Crippen LogP contribution in [-0.4, -0.2) is 25.3 Å². The zero-order valence-corrected chi connectivity index (χ0v) is 15.2. The summed E-state index contributed by atoms with van der Waals surface area (Å²) in [6.07, 6.45) is 1.01. The second-order valence-corrected chi connectivity index (χ2v) is 7.14. The summed E-state index contributed by atoms with van der Waals surface area (Å²) in [7, 11) is 0. The van der Waals surface area contributed by atoms with E-state index in [9.17, 15) is 0 Å². The largest absolute Gasteiger partial charge is 0.380 e. The van der Waals surface area contributed by atoms with Crippen molar-refractivity contribution in [3.05, 3.63) is 33.4 Å². The van der Waals surface area contributed by atoms with Crippen molar-refractivity contribution in [1.29, 1.82) is 0 Å². The molecule has 0 fully saturated rings. The molecule has 0 bridgehead atoms. The van der Waals surface area contributed by atoms with Gasteiger partial charge in [-0.05, 0) is 95.2 Å². The number of hydrogen-bond acceptors (Lipinski definition) is 2. The molecule has 21 heavy (non-hydrogen) atoms. The first-order valence-electron chi connectivity index (χ1n) is 8.03. The average molecular weight is 291 g/mol. The fourth-order valence-corrected chi connectivity index (χ4v) is 2.73. The Labute approximate surface area is 131 Å². The predicted molar refractivity (Wildman–Crippen MR) is 92.4 cm³/mol. The van der Waals surface area contributed by atoms with E-state index in [2.05, 4.69) is 60.7 Å². The minimum Gasteiger partial charge on any atom is -0.380 e. The van der Waals surface area contributed by atoms with E-state index in [0.29, 0.717) is 0 Å². The van der Waals surface area contributed by atoms with Gasteiger partial charge in [-0.3, -0.25) is 0 Å². The smallest absolute Gasteiger partial charge is 0.0591 e. The zero-order valence-electron chi connectivity index (χ0n) is 15.2. The summed E-state index contributed by atoms with van der Waals surface area (Å²) < 4.78 is 5.79. The van der Waals surface area contributed by atoms with Crippen LogP contribution in [0.2, 0.25) is 0 Å². The fraction of sp³-hybridized carbons (Fsp3) is 0.684. The normalized spacial score (nSPS) is 12.0. The number of hydrogen-bond donors (Lipinski definition) is 1. The Hall–Kier alpha value is -0.860. The summed E-state index contributed by atoms with van der Waals surface area (Å²) in [4.78, 5) is 0. The van der Waals surface area contributed by atoms with Crippen LogP contribution in [0.5, 0.6) is 0 Å². The Morgan fingerprint density at radius 2 is 1.24 bits per heavy atom. The van der Waals surface area contributed by atoms with Gasteiger partial charge < -0.3 is 10.1 Å². The quantitative estimate of drug-likeness (QED) is 0.794. The van der Waals surface area contributed by atoms with Gasteiger partial charge in [-0.1, -0.05) is 0 Å². The Bertz CT molecular complexity index is 454. The van der Waals surface area contributed by atoms with Crippen molar-refractivity contribution < 1.29 is 4.74 Å². The van der Waals surface area contributed by atoms with E-state index in [0.717, 1.165) is 26.2 Å². The van der Waals surface area contributed by atoms with Crippen LogP contribution in [-0.2, 0) is 11.2 Å². The highest BCUT2D eigenvalue weighted by atomic mass is 16.5. The fourth-order valence-electron chi connectivity index (χ4n) is 2.73.